The van der Waals surface area contributed by atoms with Gasteiger partial charge in [-0.15, -0.1) is 11.8 Å². The van der Waals surface area contributed by atoms with Crippen LogP contribution in [0.1, 0.15) is 37.6 Å². The van der Waals surface area contributed by atoms with Crippen molar-refractivity contribution >= 4 is 23.6 Å². The van der Waals surface area contributed by atoms with E-state index in [0.29, 0.717) is 0 Å². The Hall–Kier alpha value is -1.49. The lowest BCUT2D eigenvalue weighted by Gasteiger charge is -2.24. The second kappa shape index (κ2) is 6.61. The molecule has 19 heavy (non-hydrogen) atoms. The molecule has 0 spiro atoms. The molecule has 2 N–H and O–H groups in total. The first-order valence-corrected chi connectivity index (χ1v) is 7.10. The number of benzene rings is 1. The number of carbonyl (C=O) groups is 2. The standard InChI is InChI=1S/C14H19NO3S/c1-4-14(2,3)15-12(16)9-19-11-7-5-6-10(8-11)13(17)18/h5-8H,4,9H2,1-3H3,(H,15,16)(H,17,18). The topological polar surface area (TPSA) is 66.4 Å². The number of rotatable bonds is 6. The molecule has 0 fully saturated rings. The number of hydrogen-bond donors (Lipinski definition) is 2. The SMILES string of the molecule is CCC(C)(C)NC(=O)CSc1cccc(C(=O)O)c1. The Morgan fingerprint density at radius 1 is 1.37 bits per heavy atom. The van der Waals surface area contributed by atoms with Gasteiger partial charge in [0.15, 0.2) is 0 Å². The lowest BCUT2D eigenvalue weighted by atomic mass is 10.0. The number of hydrogen-bond acceptors (Lipinski definition) is 3. The molecule has 1 aromatic carbocycles. The predicted molar refractivity (Wildman–Crippen MR) is 76.6 cm³/mol. The zero-order valence-electron chi connectivity index (χ0n) is 11.4. The number of carboxylic acid groups (broad SMARTS) is 1. The molecule has 0 aliphatic heterocycles. The largest absolute Gasteiger partial charge is 0.478 e. The van der Waals surface area contributed by atoms with Crippen molar-refractivity contribution < 1.29 is 14.7 Å². The van der Waals surface area contributed by atoms with Crippen LogP contribution in [-0.2, 0) is 4.79 Å². The van der Waals surface area contributed by atoms with Crippen LogP contribution in [-0.4, -0.2) is 28.3 Å². The van der Waals surface area contributed by atoms with Gasteiger partial charge in [0.1, 0.15) is 0 Å². The summed E-state index contributed by atoms with van der Waals surface area (Å²) in [4.78, 5) is 23.4. The minimum Gasteiger partial charge on any atom is -0.478 e. The summed E-state index contributed by atoms with van der Waals surface area (Å²) >= 11 is 1.34. The molecule has 1 aromatic rings. The highest BCUT2D eigenvalue weighted by Crippen LogP contribution is 2.19. The van der Waals surface area contributed by atoms with E-state index >= 15 is 0 Å². The summed E-state index contributed by atoms with van der Waals surface area (Å²) in [5.74, 6) is -0.719. The summed E-state index contributed by atoms with van der Waals surface area (Å²) in [6, 6.07) is 6.59. The lowest BCUT2D eigenvalue weighted by molar-refractivity contribution is -0.120. The number of aromatic carboxylic acids is 1. The summed E-state index contributed by atoms with van der Waals surface area (Å²) in [5, 5.41) is 11.8. The maximum absolute atomic E-state index is 11.8. The summed E-state index contributed by atoms with van der Waals surface area (Å²) in [5.41, 5.74) is 0.0277. The fraction of sp³-hybridized carbons (Fsp3) is 0.429. The normalized spacial score (nSPS) is 11.1. The van der Waals surface area contributed by atoms with Gasteiger partial charge in [0.2, 0.25) is 5.91 Å². The van der Waals surface area contributed by atoms with Crippen LogP contribution in [0.2, 0.25) is 0 Å². The molecule has 0 heterocycles. The van der Waals surface area contributed by atoms with E-state index in [9.17, 15) is 9.59 Å². The van der Waals surface area contributed by atoms with Gasteiger partial charge in [-0.05, 0) is 38.5 Å². The Bertz CT molecular complexity index is 472. The van der Waals surface area contributed by atoms with Crippen molar-refractivity contribution in [2.45, 2.75) is 37.6 Å². The molecule has 0 aliphatic rings. The van der Waals surface area contributed by atoms with E-state index in [1.165, 1.54) is 17.8 Å². The third-order valence-electron chi connectivity index (χ3n) is 2.81. The van der Waals surface area contributed by atoms with Crippen LogP contribution in [0.5, 0.6) is 0 Å². The van der Waals surface area contributed by atoms with Gasteiger partial charge in [0, 0.05) is 10.4 Å². The van der Waals surface area contributed by atoms with Crippen molar-refractivity contribution in [2.75, 3.05) is 5.75 Å². The molecule has 0 aliphatic carbocycles. The second-order valence-electron chi connectivity index (χ2n) is 4.91. The van der Waals surface area contributed by atoms with E-state index in [1.807, 2.05) is 20.8 Å². The monoisotopic (exact) mass is 281 g/mol. The molecule has 5 heteroatoms. The van der Waals surface area contributed by atoms with Crippen molar-refractivity contribution in [1.82, 2.24) is 5.32 Å². The third-order valence-corrected chi connectivity index (χ3v) is 3.81. The number of amides is 1. The maximum Gasteiger partial charge on any atom is 0.335 e. The second-order valence-corrected chi connectivity index (χ2v) is 5.96. The number of carbonyl (C=O) groups excluding carboxylic acids is 1. The molecule has 4 nitrogen and oxygen atoms in total. The zero-order chi connectivity index (χ0) is 14.5. The van der Waals surface area contributed by atoms with Gasteiger partial charge in [-0.25, -0.2) is 4.79 Å². The molecule has 1 amide bonds. The molecular weight excluding hydrogens is 262 g/mol. The Morgan fingerprint density at radius 2 is 2.05 bits per heavy atom. The minimum atomic E-state index is -0.959. The smallest absolute Gasteiger partial charge is 0.335 e. The van der Waals surface area contributed by atoms with Crippen molar-refractivity contribution in [3.05, 3.63) is 29.8 Å². The summed E-state index contributed by atoms with van der Waals surface area (Å²) in [7, 11) is 0. The van der Waals surface area contributed by atoms with Gasteiger partial charge in [0.25, 0.3) is 0 Å². The number of carboxylic acids is 1. The van der Waals surface area contributed by atoms with Crippen LogP contribution in [0, 0.1) is 0 Å². The first-order chi connectivity index (χ1) is 8.84. The number of nitrogens with one attached hydrogen (secondary N) is 1. The van der Waals surface area contributed by atoms with Crippen LogP contribution >= 0.6 is 11.8 Å². The van der Waals surface area contributed by atoms with Crippen LogP contribution in [0.15, 0.2) is 29.2 Å². The van der Waals surface area contributed by atoms with E-state index in [4.69, 9.17) is 5.11 Å². The Kier molecular flexibility index (Phi) is 5.42. The Balaban J connectivity index is 2.55. The fourth-order valence-electron chi connectivity index (χ4n) is 1.37. The van der Waals surface area contributed by atoms with Crippen molar-refractivity contribution in [1.29, 1.82) is 0 Å². The molecule has 0 saturated heterocycles. The van der Waals surface area contributed by atoms with Gasteiger partial charge >= 0.3 is 5.97 Å². The first-order valence-electron chi connectivity index (χ1n) is 6.11. The highest BCUT2D eigenvalue weighted by Gasteiger charge is 2.17. The molecule has 0 bridgehead atoms. The molecule has 0 saturated carbocycles. The van der Waals surface area contributed by atoms with Crippen molar-refractivity contribution in [2.24, 2.45) is 0 Å². The van der Waals surface area contributed by atoms with Crippen LogP contribution in [0.25, 0.3) is 0 Å². The van der Waals surface area contributed by atoms with Gasteiger partial charge in [-0.3, -0.25) is 4.79 Å². The van der Waals surface area contributed by atoms with E-state index in [-0.39, 0.29) is 22.8 Å². The van der Waals surface area contributed by atoms with Crippen LogP contribution < -0.4 is 5.32 Å². The molecule has 104 valence electrons. The average molecular weight is 281 g/mol. The molecule has 0 aromatic heterocycles. The highest BCUT2D eigenvalue weighted by atomic mass is 32.2. The predicted octanol–water partition coefficient (Wildman–Crippen LogP) is 2.78. The summed E-state index contributed by atoms with van der Waals surface area (Å²) < 4.78 is 0. The summed E-state index contributed by atoms with van der Waals surface area (Å²) in [6.07, 6.45) is 0.859. The molecular formula is C14H19NO3S. The highest BCUT2D eigenvalue weighted by molar-refractivity contribution is 8.00. The third kappa shape index (κ3) is 5.34. The quantitative estimate of drug-likeness (QED) is 0.787. The van der Waals surface area contributed by atoms with Gasteiger partial charge in [-0.2, -0.15) is 0 Å². The molecule has 1 rings (SSSR count). The van der Waals surface area contributed by atoms with E-state index in [2.05, 4.69) is 5.32 Å². The van der Waals surface area contributed by atoms with Crippen molar-refractivity contribution in [3.63, 3.8) is 0 Å². The van der Waals surface area contributed by atoms with Gasteiger partial charge in [-0.1, -0.05) is 13.0 Å². The van der Waals surface area contributed by atoms with E-state index < -0.39 is 5.97 Å². The molecule has 0 atom stereocenters. The molecule has 0 radical (unpaired) electrons. The Labute approximate surface area is 117 Å². The lowest BCUT2D eigenvalue weighted by Crippen LogP contribution is -2.43. The maximum atomic E-state index is 11.8. The first kappa shape index (κ1) is 15.6. The Morgan fingerprint density at radius 3 is 2.63 bits per heavy atom. The van der Waals surface area contributed by atoms with Crippen LogP contribution in [0.4, 0.5) is 0 Å². The van der Waals surface area contributed by atoms with Crippen molar-refractivity contribution in [3.8, 4) is 0 Å². The minimum absolute atomic E-state index is 0.0439. The van der Waals surface area contributed by atoms with E-state index in [1.54, 1.807) is 18.2 Å². The van der Waals surface area contributed by atoms with Gasteiger partial charge < -0.3 is 10.4 Å². The van der Waals surface area contributed by atoms with E-state index in [0.717, 1.165) is 11.3 Å². The number of thioether (sulfide) groups is 1. The summed E-state index contributed by atoms with van der Waals surface area (Å²) in [6.45, 7) is 5.96. The molecule has 0 unspecified atom stereocenters. The van der Waals surface area contributed by atoms with Crippen LogP contribution in [0.3, 0.4) is 0 Å². The van der Waals surface area contributed by atoms with Gasteiger partial charge in [0.05, 0.1) is 11.3 Å². The zero-order valence-corrected chi connectivity index (χ0v) is 12.2. The fourth-order valence-corrected chi connectivity index (χ4v) is 2.12. The average Bonchev–Trinajstić information content (AvgIpc) is 2.36.